The van der Waals surface area contributed by atoms with Crippen LogP contribution in [0.2, 0.25) is 0 Å². The summed E-state index contributed by atoms with van der Waals surface area (Å²) in [6, 6.07) is 0.503. The SMILES string of the molecule is CC(NCC(=O)N(C)C1CC1)C(=O)NC1CC1. The molecular formula is C12H21N3O2. The fourth-order valence-electron chi connectivity index (χ4n) is 1.68. The van der Waals surface area contributed by atoms with E-state index in [9.17, 15) is 9.59 Å². The topological polar surface area (TPSA) is 61.4 Å². The average Bonchev–Trinajstić information content (AvgIpc) is 3.14. The Bertz CT molecular complexity index is 311. The molecule has 0 saturated heterocycles. The van der Waals surface area contributed by atoms with Gasteiger partial charge in [0.15, 0.2) is 0 Å². The summed E-state index contributed by atoms with van der Waals surface area (Å²) in [7, 11) is 1.83. The Morgan fingerprint density at radius 3 is 2.47 bits per heavy atom. The Morgan fingerprint density at radius 1 is 1.29 bits per heavy atom. The van der Waals surface area contributed by atoms with Crippen molar-refractivity contribution >= 4 is 11.8 Å². The van der Waals surface area contributed by atoms with E-state index in [2.05, 4.69) is 10.6 Å². The molecule has 0 aromatic rings. The van der Waals surface area contributed by atoms with Crippen molar-refractivity contribution in [1.29, 1.82) is 0 Å². The van der Waals surface area contributed by atoms with Crippen LogP contribution in [0.1, 0.15) is 32.6 Å². The third kappa shape index (κ3) is 3.70. The van der Waals surface area contributed by atoms with E-state index < -0.39 is 0 Å². The van der Waals surface area contributed by atoms with Gasteiger partial charge < -0.3 is 10.2 Å². The molecule has 5 heteroatoms. The van der Waals surface area contributed by atoms with E-state index in [0.717, 1.165) is 25.7 Å². The minimum absolute atomic E-state index is 0.00521. The van der Waals surface area contributed by atoms with Gasteiger partial charge in [-0.15, -0.1) is 0 Å². The minimum Gasteiger partial charge on any atom is -0.352 e. The van der Waals surface area contributed by atoms with Crippen LogP contribution in [0.25, 0.3) is 0 Å². The van der Waals surface area contributed by atoms with E-state index in [1.54, 1.807) is 11.8 Å². The number of carbonyl (C=O) groups is 2. The van der Waals surface area contributed by atoms with Gasteiger partial charge in [0.05, 0.1) is 12.6 Å². The van der Waals surface area contributed by atoms with E-state index in [-0.39, 0.29) is 24.4 Å². The second kappa shape index (κ2) is 5.04. The number of likely N-dealkylation sites (N-methyl/N-ethyl adjacent to an activating group) is 1. The molecule has 1 atom stereocenters. The van der Waals surface area contributed by atoms with Crippen molar-refractivity contribution in [3.63, 3.8) is 0 Å². The van der Waals surface area contributed by atoms with Gasteiger partial charge in [0.1, 0.15) is 0 Å². The van der Waals surface area contributed by atoms with Gasteiger partial charge in [-0.05, 0) is 32.6 Å². The molecule has 0 aromatic carbocycles. The largest absolute Gasteiger partial charge is 0.352 e. The predicted octanol–water partition coefficient (Wildman–Crippen LogP) is -0.136. The molecule has 2 N–H and O–H groups in total. The number of carbonyl (C=O) groups excluding carboxylic acids is 2. The highest BCUT2D eigenvalue weighted by Crippen LogP contribution is 2.25. The maximum absolute atomic E-state index is 11.7. The number of nitrogens with one attached hydrogen (secondary N) is 2. The molecule has 2 aliphatic carbocycles. The van der Waals surface area contributed by atoms with Crippen LogP contribution in [0.5, 0.6) is 0 Å². The highest BCUT2D eigenvalue weighted by Gasteiger charge is 2.30. The zero-order valence-electron chi connectivity index (χ0n) is 10.5. The first-order valence-corrected chi connectivity index (χ1v) is 6.37. The quantitative estimate of drug-likeness (QED) is 0.678. The molecular weight excluding hydrogens is 218 g/mol. The second-order valence-corrected chi connectivity index (χ2v) is 5.12. The van der Waals surface area contributed by atoms with Gasteiger partial charge in [-0.25, -0.2) is 0 Å². The van der Waals surface area contributed by atoms with E-state index in [1.165, 1.54) is 0 Å². The summed E-state index contributed by atoms with van der Waals surface area (Å²) in [4.78, 5) is 25.1. The fraction of sp³-hybridized carbons (Fsp3) is 0.833. The molecule has 17 heavy (non-hydrogen) atoms. The third-order valence-corrected chi connectivity index (χ3v) is 3.36. The summed E-state index contributed by atoms with van der Waals surface area (Å²) in [6.07, 6.45) is 4.39. The van der Waals surface area contributed by atoms with Crippen LogP contribution in [0.4, 0.5) is 0 Å². The monoisotopic (exact) mass is 239 g/mol. The lowest BCUT2D eigenvalue weighted by Crippen LogP contribution is -2.47. The Labute approximate surface area is 102 Å². The van der Waals surface area contributed by atoms with Crippen molar-refractivity contribution < 1.29 is 9.59 Å². The summed E-state index contributed by atoms with van der Waals surface area (Å²) in [6.45, 7) is 2.04. The zero-order valence-corrected chi connectivity index (χ0v) is 10.5. The van der Waals surface area contributed by atoms with E-state index in [4.69, 9.17) is 0 Å². The van der Waals surface area contributed by atoms with Gasteiger partial charge in [-0.2, -0.15) is 0 Å². The first-order chi connectivity index (χ1) is 8.08. The summed E-state index contributed by atoms with van der Waals surface area (Å²) in [5, 5.41) is 5.89. The molecule has 2 amide bonds. The van der Waals surface area contributed by atoms with Crippen LogP contribution in [0.15, 0.2) is 0 Å². The molecule has 96 valence electrons. The van der Waals surface area contributed by atoms with Crippen molar-refractivity contribution in [3.05, 3.63) is 0 Å². The van der Waals surface area contributed by atoms with Gasteiger partial charge in [-0.1, -0.05) is 0 Å². The standard InChI is InChI=1S/C12H21N3O2/c1-8(12(17)14-9-3-4-9)13-7-11(16)15(2)10-5-6-10/h8-10,13H,3-7H2,1-2H3,(H,14,17). The fourth-order valence-corrected chi connectivity index (χ4v) is 1.68. The third-order valence-electron chi connectivity index (χ3n) is 3.36. The zero-order chi connectivity index (χ0) is 12.4. The van der Waals surface area contributed by atoms with Gasteiger partial charge in [0, 0.05) is 19.1 Å². The van der Waals surface area contributed by atoms with Crippen molar-refractivity contribution in [2.24, 2.45) is 0 Å². The molecule has 0 aliphatic heterocycles. The molecule has 5 nitrogen and oxygen atoms in total. The van der Waals surface area contributed by atoms with Crippen LogP contribution in [0, 0.1) is 0 Å². The molecule has 2 aliphatic rings. The van der Waals surface area contributed by atoms with Crippen LogP contribution in [-0.4, -0.2) is 48.4 Å². The number of nitrogens with zero attached hydrogens (tertiary/aromatic N) is 1. The van der Waals surface area contributed by atoms with E-state index >= 15 is 0 Å². The van der Waals surface area contributed by atoms with Gasteiger partial charge in [0.25, 0.3) is 0 Å². The van der Waals surface area contributed by atoms with Crippen molar-refractivity contribution in [1.82, 2.24) is 15.5 Å². The van der Waals surface area contributed by atoms with Gasteiger partial charge in [-0.3, -0.25) is 14.9 Å². The van der Waals surface area contributed by atoms with Crippen molar-refractivity contribution in [3.8, 4) is 0 Å². The molecule has 1 unspecified atom stereocenters. The maximum atomic E-state index is 11.7. The Kier molecular flexibility index (Phi) is 3.66. The number of amides is 2. The summed E-state index contributed by atoms with van der Waals surface area (Å²) in [5.74, 6) is 0.0629. The summed E-state index contributed by atoms with van der Waals surface area (Å²) in [5.41, 5.74) is 0. The van der Waals surface area contributed by atoms with E-state index in [0.29, 0.717) is 12.1 Å². The normalized spacial score (nSPS) is 20.8. The van der Waals surface area contributed by atoms with Gasteiger partial charge >= 0.3 is 0 Å². The molecule has 0 aromatic heterocycles. The smallest absolute Gasteiger partial charge is 0.237 e. The number of hydrogen-bond acceptors (Lipinski definition) is 3. The lowest BCUT2D eigenvalue weighted by molar-refractivity contribution is -0.129. The maximum Gasteiger partial charge on any atom is 0.237 e. The Balaban J connectivity index is 1.65. The molecule has 0 heterocycles. The highest BCUT2D eigenvalue weighted by atomic mass is 16.2. The Morgan fingerprint density at radius 2 is 1.94 bits per heavy atom. The van der Waals surface area contributed by atoms with Crippen molar-refractivity contribution in [2.45, 2.75) is 50.7 Å². The van der Waals surface area contributed by atoms with Crippen LogP contribution in [-0.2, 0) is 9.59 Å². The first-order valence-electron chi connectivity index (χ1n) is 6.37. The highest BCUT2D eigenvalue weighted by molar-refractivity contribution is 5.83. The summed E-state index contributed by atoms with van der Waals surface area (Å²) < 4.78 is 0. The Hall–Kier alpha value is -1.10. The summed E-state index contributed by atoms with van der Waals surface area (Å²) >= 11 is 0. The molecule has 0 bridgehead atoms. The van der Waals surface area contributed by atoms with E-state index in [1.807, 2.05) is 7.05 Å². The molecule has 2 rings (SSSR count). The predicted molar refractivity (Wildman–Crippen MR) is 64.4 cm³/mol. The van der Waals surface area contributed by atoms with Crippen LogP contribution in [0.3, 0.4) is 0 Å². The average molecular weight is 239 g/mol. The van der Waals surface area contributed by atoms with Crippen LogP contribution < -0.4 is 10.6 Å². The lowest BCUT2D eigenvalue weighted by Gasteiger charge is -2.18. The van der Waals surface area contributed by atoms with Gasteiger partial charge in [0.2, 0.25) is 11.8 Å². The van der Waals surface area contributed by atoms with Crippen LogP contribution >= 0.6 is 0 Å². The van der Waals surface area contributed by atoms with Crippen molar-refractivity contribution in [2.75, 3.05) is 13.6 Å². The lowest BCUT2D eigenvalue weighted by atomic mass is 10.3. The molecule has 2 fully saturated rings. The minimum atomic E-state index is -0.299. The number of rotatable bonds is 6. The first kappa shape index (κ1) is 12.4. The molecule has 0 radical (unpaired) electrons. The second-order valence-electron chi connectivity index (χ2n) is 5.12. The molecule has 2 saturated carbocycles. The molecule has 0 spiro atoms. The number of hydrogen-bond donors (Lipinski definition) is 2.